The minimum absolute atomic E-state index is 0. The summed E-state index contributed by atoms with van der Waals surface area (Å²) >= 11 is 2.22. The van der Waals surface area contributed by atoms with Gasteiger partial charge in [-0.25, -0.2) is 0 Å². The summed E-state index contributed by atoms with van der Waals surface area (Å²) < 4.78 is 0. The van der Waals surface area contributed by atoms with Crippen LogP contribution < -0.4 is 0 Å². The first-order valence-corrected chi connectivity index (χ1v) is 6.88. The molecule has 0 aromatic rings. The zero-order chi connectivity index (χ0) is 10.1. The summed E-state index contributed by atoms with van der Waals surface area (Å²) in [5, 5.41) is 2.72. The van der Waals surface area contributed by atoms with Gasteiger partial charge in [-0.05, 0) is 0 Å². The third-order valence-corrected chi connectivity index (χ3v) is 3.32. The van der Waals surface area contributed by atoms with E-state index in [1.54, 1.807) is 0 Å². The molecule has 0 radical (unpaired) electrons. The molecule has 0 aliphatic heterocycles. The number of hydrogen-bond acceptors (Lipinski definition) is 0. The second kappa shape index (κ2) is 12.2. The Hall–Kier alpha value is 1.12. The molecule has 0 rings (SSSR count). The van der Waals surface area contributed by atoms with Gasteiger partial charge in [-0.2, -0.15) is 0 Å². The van der Waals surface area contributed by atoms with E-state index in [9.17, 15) is 0 Å². The summed E-state index contributed by atoms with van der Waals surface area (Å²) in [6.45, 7) is 9.23. The molecule has 0 unspecified atom stereocenters. The van der Waals surface area contributed by atoms with Crippen LogP contribution in [0.5, 0.6) is 0 Å². The van der Waals surface area contributed by atoms with Crippen molar-refractivity contribution in [2.45, 2.75) is 64.0 Å². The van der Waals surface area contributed by atoms with Crippen LogP contribution in [0.4, 0.5) is 0 Å². The van der Waals surface area contributed by atoms with E-state index >= 15 is 0 Å². The van der Waals surface area contributed by atoms with E-state index < -0.39 is 0 Å². The van der Waals surface area contributed by atoms with E-state index in [2.05, 4.69) is 42.7 Å². The fourth-order valence-corrected chi connectivity index (χ4v) is 2.26. The van der Waals surface area contributed by atoms with Gasteiger partial charge in [0.15, 0.2) is 0 Å². The quantitative estimate of drug-likeness (QED) is 0.443. The normalized spacial score (nSPS) is 11.0. The summed E-state index contributed by atoms with van der Waals surface area (Å²) in [6.07, 6.45) is 5.60. The van der Waals surface area contributed by atoms with Crippen LogP contribution in [0.3, 0.4) is 0 Å². The van der Waals surface area contributed by atoms with Gasteiger partial charge in [-0.3, -0.25) is 0 Å². The average Bonchev–Trinajstić information content (AvgIpc) is 2.01. The van der Waals surface area contributed by atoms with Gasteiger partial charge < -0.3 is 0 Å². The summed E-state index contributed by atoms with van der Waals surface area (Å²) in [7, 11) is 0. The SMILES string of the molecule is CC(C)CC[CH2][Cu][CH2]CCC(C)C.[LiH]. The Labute approximate surface area is 109 Å². The Balaban J connectivity index is 0. The predicted molar refractivity (Wildman–Crippen MR) is 64.9 cm³/mol. The Bertz CT molecular complexity index is 90.5. The topological polar surface area (TPSA) is 0 Å². The van der Waals surface area contributed by atoms with Crippen molar-refractivity contribution in [1.29, 1.82) is 0 Å². The van der Waals surface area contributed by atoms with E-state index in [1.807, 2.05) is 0 Å². The second-order valence-electron chi connectivity index (χ2n) is 4.52. The first kappa shape index (κ1) is 17.5. The fourth-order valence-electron chi connectivity index (χ4n) is 1.17. The molecule has 0 aromatic heterocycles. The van der Waals surface area contributed by atoms with Crippen LogP contribution in [0.1, 0.15) is 53.4 Å². The third kappa shape index (κ3) is 15.6. The molecule has 0 nitrogen and oxygen atoms in total. The standard InChI is InChI=1S/2C6H13.Cu.Li.H/c2*1-4-5-6(2)3;;;/h2*6H,1,4-5H2,2-3H3;;;. The van der Waals surface area contributed by atoms with Crippen LogP contribution in [-0.2, 0) is 15.0 Å². The molecule has 14 heavy (non-hydrogen) atoms. The van der Waals surface area contributed by atoms with Crippen LogP contribution in [0.2, 0.25) is 10.6 Å². The van der Waals surface area contributed by atoms with E-state index in [0.717, 1.165) is 11.8 Å². The van der Waals surface area contributed by atoms with Gasteiger partial charge in [-0.15, -0.1) is 0 Å². The van der Waals surface area contributed by atoms with Crippen molar-refractivity contribution < 1.29 is 15.0 Å². The van der Waals surface area contributed by atoms with Crippen LogP contribution in [0.15, 0.2) is 0 Å². The first-order chi connectivity index (χ1) is 6.13. The van der Waals surface area contributed by atoms with Crippen molar-refractivity contribution in [3.05, 3.63) is 0 Å². The Morgan fingerprint density at radius 1 is 0.786 bits per heavy atom. The van der Waals surface area contributed by atoms with Gasteiger partial charge in [0.05, 0.1) is 0 Å². The Morgan fingerprint density at radius 2 is 1.14 bits per heavy atom. The van der Waals surface area contributed by atoms with Gasteiger partial charge in [0.25, 0.3) is 0 Å². The van der Waals surface area contributed by atoms with E-state index in [4.69, 9.17) is 0 Å². The molecule has 0 spiro atoms. The summed E-state index contributed by atoms with van der Waals surface area (Å²) in [5.74, 6) is 1.77. The molecular weight excluding hydrogens is 215 g/mol. The number of rotatable bonds is 8. The van der Waals surface area contributed by atoms with Gasteiger partial charge in [-0.1, -0.05) is 0 Å². The van der Waals surface area contributed by atoms with Gasteiger partial charge in [0.1, 0.15) is 0 Å². The van der Waals surface area contributed by atoms with Crippen molar-refractivity contribution in [3.8, 4) is 0 Å². The summed E-state index contributed by atoms with van der Waals surface area (Å²) in [5.41, 5.74) is 0. The van der Waals surface area contributed by atoms with E-state index in [-0.39, 0.29) is 18.9 Å². The Morgan fingerprint density at radius 3 is 1.43 bits per heavy atom. The molecule has 87 valence electrons. The molecule has 0 fully saturated rings. The van der Waals surface area contributed by atoms with Gasteiger partial charge in [0.2, 0.25) is 0 Å². The predicted octanol–water partition coefficient (Wildman–Crippen LogP) is 4.13. The zero-order valence-electron chi connectivity index (χ0n) is 9.70. The molecule has 0 saturated heterocycles. The van der Waals surface area contributed by atoms with E-state index in [0.29, 0.717) is 0 Å². The van der Waals surface area contributed by atoms with Crippen LogP contribution in [-0.4, -0.2) is 18.9 Å². The monoisotopic (exact) mass is 241 g/mol. The Kier molecular flexibility index (Phi) is 15.2. The van der Waals surface area contributed by atoms with Crippen molar-refractivity contribution in [3.63, 3.8) is 0 Å². The molecule has 0 aromatic carbocycles. The summed E-state index contributed by atoms with van der Waals surface area (Å²) in [6, 6.07) is 0. The molecule has 0 N–H and O–H groups in total. The number of hydrogen-bond donors (Lipinski definition) is 0. The average molecular weight is 242 g/mol. The summed E-state index contributed by atoms with van der Waals surface area (Å²) in [4.78, 5) is 0. The third-order valence-electron chi connectivity index (χ3n) is 1.99. The second-order valence-corrected chi connectivity index (χ2v) is 5.94. The molecule has 0 amide bonds. The van der Waals surface area contributed by atoms with Gasteiger partial charge >= 0.3 is 110 Å². The van der Waals surface area contributed by atoms with Crippen LogP contribution >= 0.6 is 0 Å². The fraction of sp³-hybridized carbons (Fsp3) is 1.00. The van der Waals surface area contributed by atoms with Crippen LogP contribution in [0.25, 0.3) is 0 Å². The molecular formula is C12H27CuLi. The van der Waals surface area contributed by atoms with Gasteiger partial charge in [0, 0.05) is 0 Å². The zero-order valence-corrected chi connectivity index (χ0v) is 10.6. The van der Waals surface area contributed by atoms with Crippen molar-refractivity contribution in [2.24, 2.45) is 11.8 Å². The molecule has 0 aliphatic rings. The van der Waals surface area contributed by atoms with Crippen molar-refractivity contribution in [2.75, 3.05) is 0 Å². The van der Waals surface area contributed by atoms with Crippen molar-refractivity contribution >= 4 is 18.9 Å². The van der Waals surface area contributed by atoms with Crippen molar-refractivity contribution in [1.82, 2.24) is 0 Å². The minimum atomic E-state index is 0. The van der Waals surface area contributed by atoms with Crippen LogP contribution in [0, 0.1) is 11.8 Å². The molecule has 0 atom stereocenters. The molecule has 0 saturated carbocycles. The molecule has 2 heteroatoms. The molecule has 0 aliphatic carbocycles. The maximum absolute atomic E-state index is 2.31. The first-order valence-electron chi connectivity index (χ1n) is 5.55. The molecule has 0 heterocycles. The van der Waals surface area contributed by atoms with E-state index in [1.165, 1.54) is 36.3 Å². The molecule has 0 bridgehead atoms. The maximum atomic E-state index is 2.31.